The van der Waals surface area contributed by atoms with E-state index in [-0.39, 0.29) is 13.2 Å². The van der Waals surface area contributed by atoms with Crippen molar-refractivity contribution in [3.63, 3.8) is 0 Å². The fourth-order valence-electron chi connectivity index (χ4n) is 0.728. The predicted octanol–water partition coefficient (Wildman–Crippen LogP) is -1.88. The van der Waals surface area contributed by atoms with E-state index in [4.69, 9.17) is 25.2 Å². The van der Waals surface area contributed by atoms with Crippen molar-refractivity contribution in [2.75, 3.05) is 33.0 Å². The summed E-state index contributed by atoms with van der Waals surface area (Å²) in [4.78, 5) is 11.1. The summed E-state index contributed by atoms with van der Waals surface area (Å²) in [5, 5.41) is 35.4. The zero-order valence-corrected chi connectivity index (χ0v) is 8.72. The topological polar surface area (TPSA) is 107 Å². The lowest BCUT2D eigenvalue weighted by molar-refractivity contribution is -0.156. The van der Waals surface area contributed by atoms with Gasteiger partial charge in [-0.15, -0.1) is 0 Å². The van der Waals surface area contributed by atoms with Gasteiger partial charge >= 0.3 is 5.97 Å². The molecule has 6 heteroatoms. The second-order valence-corrected chi connectivity index (χ2v) is 3.67. The quantitative estimate of drug-likeness (QED) is 0.376. The fraction of sp³-hybridized carbons (Fsp3) is 0.889. The molecular weight excluding hydrogens is 204 g/mol. The van der Waals surface area contributed by atoms with E-state index in [9.17, 15) is 4.79 Å². The Morgan fingerprint density at radius 1 is 1.20 bits per heavy atom. The largest absolute Gasteiger partial charge is 0.465 e. The van der Waals surface area contributed by atoms with Crippen LogP contribution in [0.5, 0.6) is 0 Å². The van der Waals surface area contributed by atoms with Gasteiger partial charge in [0.1, 0.15) is 6.61 Å². The average Bonchev–Trinajstić information content (AvgIpc) is 2.30. The molecule has 0 amide bonds. The van der Waals surface area contributed by atoms with Gasteiger partial charge in [-0.2, -0.15) is 0 Å². The molecule has 0 aliphatic carbocycles. The van der Waals surface area contributed by atoms with E-state index < -0.39 is 37.1 Å². The summed E-state index contributed by atoms with van der Waals surface area (Å²) in [5.74, 6) is -1.28. The monoisotopic (exact) mass is 222 g/mol. The molecule has 0 aromatic heterocycles. The predicted molar refractivity (Wildman–Crippen MR) is 50.9 cm³/mol. The van der Waals surface area contributed by atoms with E-state index in [2.05, 4.69) is 0 Å². The van der Waals surface area contributed by atoms with E-state index in [1.165, 1.54) is 6.92 Å². The lowest BCUT2D eigenvalue weighted by Crippen LogP contribution is -2.40. The molecule has 0 radical (unpaired) electrons. The van der Waals surface area contributed by atoms with Crippen LogP contribution >= 0.6 is 0 Å². The Hall–Kier alpha value is -0.690. The van der Waals surface area contributed by atoms with Crippen LogP contribution < -0.4 is 0 Å². The number of carbonyl (C=O) groups is 1. The molecule has 0 saturated carbocycles. The highest BCUT2D eigenvalue weighted by molar-refractivity contribution is 5.72. The molecule has 90 valence electrons. The van der Waals surface area contributed by atoms with Crippen LogP contribution in [0.3, 0.4) is 0 Å². The summed E-state index contributed by atoms with van der Waals surface area (Å²) in [6.45, 7) is -0.577. The van der Waals surface area contributed by atoms with E-state index in [0.717, 1.165) is 0 Å². The Labute approximate surface area is 88.1 Å². The Morgan fingerprint density at radius 3 is 2.00 bits per heavy atom. The average molecular weight is 222 g/mol. The maximum absolute atomic E-state index is 11.1. The lowest BCUT2D eigenvalue weighted by atomic mass is 9.92. The van der Waals surface area contributed by atoms with E-state index in [1.54, 1.807) is 0 Å². The van der Waals surface area contributed by atoms with Crippen LogP contribution in [0.2, 0.25) is 0 Å². The molecule has 0 aliphatic rings. The number of aliphatic hydroxyl groups is 4. The molecule has 4 N–H and O–H groups in total. The summed E-state index contributed by atoms with van der Waals surface area (Å²) in [7, 11) is 0. The Kier molecular flexibility index (Phi) is 6.42. The minimum Gasteiger partial charge on any atom is -0.465 e. The van der Waals surface area contributed by atoms with Gasteiger partial charge in [0, 0.05) is 0 Å². The zero-order valence-electron chi connectivity index (χ0n) is 8.72. The third-order valence-electron chi connectivity index (χ3n) is 2.20. The van der Waals surface area contributed by atoms with Crippen molar-refractivity contribution in [1.82, 2.24) is 0 Å². The SMILES string of the molecule is CC(CO)C(=O)OCC(CO)(CO)CO. The van der Waals surface area contributed by atoms with Crippen molar-refractivity contribution < 1.29 is 30.0 Å². The number of hydrogen-bond acceptors (Lipinski definition) is 6. The Morgan fingerprint density at radius 2 is 1.67 bits per heavy atom. The van der Waals surface area contributed by atoms with Crippen LogP contribution in [0.25, 0.3) is 0 Å². The molecule has 0 heterocycles. The lowest BCUT2D eigenvalue weighted by Gasteiger charge is -2.26. The second-order valence-electron chi connectivity index (χ2n) is 3.67. The Balaban J connectivity index is 4.16. The smallest absolute Gasteiger partial charge is 0.311 e. The van der Waals surface area contributed by atoms with Crippen LogP contribution in [0.15, 0.2) is 0 Å². The first kappa shape index (κ1) is 14.3. The van der Waals surface area contributed by atoms with Crippen LogP contribution in [0.4, 0.5) is 0 Å². The zero-order chi connectivity index (χ0) is 11.9. The van der Waals surface area contributed by atoms with Crippen LogP contribution in [0.1, 0.15) is 6.92 Å². The molecule has 0 aliphatic heterocycles. The van der Waals surface area contributed by atoms with E-state index in [0.29, 0.717) is 0 Å². The van der Waals surface area contributed by atoms with E-state index in [1.807, 2.05) is 0 Å². The third-order valence-corrected chi connectivity index (χ3v) is 2.20. The summed E-state index contributed by atoms with van der Waals surface area (Å²) in [5.41, 5.74) is -1.22. The fourth-order valence-corrected chi connectivity index (χ4v) is 0.728. The number of rotatable bonds is 7. The molecule has 0 bridgehead atoms. The molecule has 0 spiro atoms. The molecule has 0 saturated heterocycles. The minimum atomic E-state index is -1.22. The highest BCUT2D eigenvalue weighted by atomic mass is 16.5. The normalized spacial score (nSPS) is 13.7. The standard InChI is InChI=1S/C9H18O6/c1-7(2-10)8(14)15-6-9(3-11,4-12)5-13/h7,10-13H,2-6H2,1H3. The van der Waals surface area contributed by atoms with Gasteiger partial charge in [-0.25, -0.2) is 0 Å². The second kappa shape index (κ2) is 6.73. The van der Waals surface area contributed by atoms with Crippen molar-refractivity contribution in [3.8, 4) is 0 Å². The van der Waals surface area contributed by atoms with E-state index >= 15 is 0 Å². The molecule has 0 fully saturated rings. The van der Waals surface area contributed by atoms with Crippen LogP contribution in [-0.4, -0.2) is 59.4 Å². The number of esters is 1. The molecule has 0 aromatic rings. The molecule has 0 aromatic carbocycles. The van der Waals surface area contributed by atoms with Gasteiger partial charge in [-0.1, -0.05) is 0 Å². The molecule has 15 heavy (non-hydrogen) atoms. The van der Waals surface area contributed by atoms with Gasteiger partial charge in [-0.3, -0.25) is 4.79 Å². The van der Waals surface area contributed by atoms with Gasteiger partial charge in [0.15, 0.2) is 0 Å². The summed E-state index contributed by atoms with van der Waals surface area (Å²) < 4.78 is 4.75. The van der Waals surface area contributed by atoms with Crippen LogP contribution in [-0.2, 0) is 9.53 Å². The highest BCUT2D eigenvalue weighted by Gasteiger charge is 2.30. The number of carbonyl (C=O) groups excluding carboxylic acids is 1. The minimum absolute atomic E-state index is 0.278. The van der Waals surface area contributed by atoms with Gasteiger partial charge < -0.3 is 25.2 Å². The maximum Gasteiger partial charge on any atom is 0.311 e. The first-order chi connectivity index (χ1) is 7.05. The van der Waals surface area contributed by atoms with Gasteiger partial charge in [0.05, 0.1) is 37.8 Å². The van der Waals surface area contributed by atoms with Crippen molar-refractivity contribution in [2.24, 2.45) is 11.3 Å². The first-order valence-corrected chi connectivity index (χ1v) is 4.65. The molecule has 6 nitrogen and oxygen atoms in total. The number of ether oxygens (including phenoxy) is 1. The molecular formula is C9H18O6. The molecule has 1 unspecified atom stereocenters. The summed E-state index contributed by atoms with van der Waals surface area (Å²) >= 11 is 0. The third kappa shape index (κ3) is 4.13. The maximum atomic E-state index is 11.1. The highest BCUT2D eigenvalue weighted by Crippen LogP contribution is 2.15. The number of hydrogen-bond donors (Lipinski definition) is 4. The summed E-state index contributed by atoms with van der Waals surface area (Å²) in [6.07, 6.45) is 0. The van der Waals surface area contributed by atoms with Crippen molar-refractivity contribution >= 4 is 5.97 Å². The van der Waals surface area contributed by atoms with Gasteiger partial charge in [-0.05, 0) is 6.92 Å². The van der Waals surface area contributed by atoms with Crippen LogP contribution in [0, 0.1) is 11.3 Å². The van der Waals surface area contributed by atoms with Gasteiger partial charge in [0.25, 0.3) is 0 Å². The summed E-state index contributed by atoms with van der Waals surface area (Å²) in [6, 6.07) is 0. The van der Waals surface area contributed by atoms with Crippen molar-refractivity contribution in [3.05, 3.63) is 0 Å². The van der Waals surface area contributed by atoms with Gasteiger partial charge in [0.2, 0.25) is 0 Å². The number of aliphatic hydroxyl groups excluding tert-OH is 4. The van der Waals surface area contributed by atoms with Crippen molar-refractivity contribution in [2.45, 2.75) is 6.92 Å². The van der Waals surface area contributed by atoms with Crippen molar-refractivity contribution in [1.29, 1.82) is 0 Å². The Bertz CT molecular complexity index is 181. The molecule has 0 rings (SSSR count). The molecule has 1 atom stereocenters. The first-order valence-electron chi connectivity index (χ1n) is 4.65.